The predicted molar refractivity (Wildman–Crippen MR) is 153 cm³/mol. The van der Waals surface area contributed by atoms with Crippen LogP contribution in [0.4, 0.5) is 5.69 Å². The first-order valence-corrected chi connectivity index (χ1v) is 13.6. The summed E-state index contributed by atoms with van der Waals surface area (Å²) in [6, 6.07) is 14.7. The highest BCUT2D eigenvalue weighted by atomic mass is 32.2. The molecule has 4 aromatic rings. The second kappa shape index (κ2) is 9.55. The number of carbonyl (C=O) groups is 4. The lowest BCUT2D eigenvalue weighted by molar-refractivity contribution is -0.133. The summed E-state index contributed by atoms with van der Waals surface area (Å²) in [6.07, 6.45) is 0. The van der Waals surface area contributed by atoms with Gasteiger partial charge in [-0.25, -0.2) is 4.31 Å². The van der Waals surface area contributed by atoms with Crippen molar-refractivity contribution in [1.82, 2.24) is 14.8 Å². The molecule has 9 nitrogen and oxygen atoms in total. The molecule has 0 saturated carbocycles. The molecule has 1 aromatic heterocycles. The number of ketones is 1. The largest absolute Gasteiger partial charge is 0.366 e. The molecule has 6 rings (SSSR count). The van der Waals surface area contributed by atoms with Gasteiger partial charge in [-0.3, -0.25) is 19.2 Å². The first kappa shape index (κ1) is 25.1. The summed E-state index contributed by atoms with van der Waals surface area (Å²) in [5.41, 5.74) is 11.2. The summed E-state index contributed by atoms with van der Waals surface area (Å²) < 4.78 is 1.45. The highest BCUT2D eigenvalue weighted by Gasteiger charge is 2.33. The van der Waals surface area contributed by atoms with Crippen molar-refractivity contribution in [3.05, 3.63) is 65.2 Å². The minimum Gasteiger partial charge on any atom is -0.366 e. The van der Waals surface area contributed by atoms with E-state index in [0.29, 0.717) is 35.4 Å². The summed E-state index contributed by atoms with van der Waals surface area (Å²) in [7, 11) is 2.05. The molecule has 2 saturated heterocycles. The summed E-state index contributed by atoms with van der Waals surface area (Å²) in [5.74, 6) is -1.41. The van der Waals surface area contributed by atoms with Crippen molar-refractivity contribution in [1.29, 1.82) is 0 Å². The average Bonchev–Trinajstić information content (AvgIpc) is 3.47. The van der Waals surface area contributed by atoms with E-state index in [1.165, 1.54) is 16.3 Å². The number of hydrogen-bond acceptors (Lipinski definition) is 6. The molecule has 2 fully saturated rings. The fraction of sp³-hybridized carbons (Fsp3) is 0.241. The van der Waals surface area contributed by atoms with E-state index in [4.69, 9.17) is 5.73 Å². The Bertz CT molecular complexity index is 1700. The van der Waals surface area contributed by atoms with Crippen molar-refractivity contribution in [2.45, 2.75) is 6.92 Å². The Balaban J connectivity index is 1.50. The summed E-state index contributed by atoms with van der Waals surface area (Å²) >= 11 is 1.19. The Labute approximate surface area is 229 Å². The van der Waals surface area contributed by atoms with E-state index >= 15 is 0 Å². The van der Waals surface area contributed by atoms with Crippen LogP contribution in [-0.4, -0.2) is 77.3 Å². The van der Waals surface area contributed by atoms with Gasteiger partial charge in [0.2, 0.25) is 5.78 Å². The van der Waals surface area contributed by atoms with Crippen molar-refractivity contribution in [2.75, 3.05) is 43.3 Å². The number of rotatable bonds is 4. The maximum atomic E-state index is 13.2. The number of nitrogens with one attached hydrogen (secondary N) is 1. The fourth-order valence-electron chi connectivity index (χ4n) is 5.44. The zero-order valence-corrected chi connectivity index (χ0v) is 22.4. The number of likely N-dealkylation sites (N-methyl/N-ethyl adjacent to an activating group) is 1. The lowest BCUT2D eigenvalue weighted by Crippen LogP contribution is -2.47. The molecule has 3 amide bonds. The minimum absolute atomic E-state index is 0.0233. The van der Waals surface area contributed by atoms with Crippen LogP contribution in [0.1, 0.15) is 26.3 Å². The number of carbonyl (C=O) groups excluding carboxylic acids is 4. The van der Waals surface area contributed by atoms with Gasteiger partial charge in [0, 0.05) is 48.0 Å². The van der Waals surface area contributed by atoms with Crippen molar-refractivity contribution >= 4 is 62.9 Å². The van der Waals surface area contributed by atoms with Crippen LogP contribution in [0.5, 0.6) is 0 Å². The number of benzene rings is 3. The molecule has 3 N–H and O–H groups in total. The van der Waals surface area contributed by atoms with Gasteiger partial charge in [-0.15, -0.1) is 0 Å². The second-order valence-electron chi connectivity index (χ2n) is 10.0. The number of nitrogens with two attached hydrogens (primary N) is 1. The molecule has 0 radical (unpaired) electrons. The van der Waals surface area contributed by atoms with Crippen molar-refractivity contribution in [3.63, 3.8) is 0 Å². The number of anilines is 1. The van der Waals surface area contributed by atoms with Crippen LogP contribution in [0.3, 0.4) is 0 Å². The molecule has 0 unspecified atom stereocenters. The number of Topliss-reactive ketones (excluding diaryl/α,β-unsaturated/α-hetero) is 1. The fourth-order valence-corrected chi connectivity index (χ4v) is 6.36. The third-order valence-corrected chi connectivity index (χ3v) is 8.63. The number of aromatic amines is 1. The molecule has 39 heavy (non-hydrogen) atoms. The topological polar surface area (TPSA) is 120 Å². The lowest BCUT2D eigenvalue weighted by atomic mass is 9.93. The molecular weight excluding hydrogens is 514 g/mol. The molecular formula is C29H27N5O4S. The Morgan fingerprint density at radius 1 is 0.974 bits per heavy atom. The number of nitrogens with zero attached hydrogens (tertiary/aromatic N) is 3. The van der Waals surface area contributed by atoms with Gasteiger partial charge in [-0.05, 0) is 66.9 Å². The first-order valence-electron chi connectivity index (χ1n) is 12.7. The Kier molecular flexibility index (Phi) is 6.16. The van der Waals surface area contributed by atoms with E-state index in [0.717, 1.165) is 46.1 Å². The van der Waals surface area contributed by atoms with Crippen LogP contribution in [0.2, 0.25) is 0 Å². The summed E-state index contributed by atoms with van der Waals surface area (Å²) in [5, 5.41) is 1.65. The van der Waals surface area contributed by atoms with E-state index in [9.17, 15) is 19.2 Å². The molecule has 0 aliphatic carbocycles. The van der Waals surface area contributed by atoms with Crippen LogP contribution in [0.25, 0.3) is 32.9 Å². The number of piperazine rings is 1. The average molecular weight is 542 g/mol. The van der Waals surface area contributed by atoms with E-state index in [2.05, 4.69) is 9.88 Å². The van der Waals surface area contributed by atoms with Crippen molar-refractivity contribution in [2.24, 2.45) is 5.73 Å². The summed E-state index contributed by atoms with van der Waals surface area (Å²) in [4.78, 5) is 57.4. The highest BCUT2D eigenvalue weighted by Crippen LogP contribution is 2.41. The van der Waals surface area contributed by atoms with Crippen LogP contribution in [0.15, 0.2) is 48.5 Å². The SMILES string of the molecule is Cc1c(-c2ccc(C(N)=O)c3[nH]c4cc(C(=O)N5CCN(C)CC5)ccc4c23)cccc1N1SCC(=O)C1=O. The van der Waals surface area contributed by atoms with Crippen molar-refractivity contribution in [3.8, 4) is 11.1 Å². The molecule has 2 aliphatic heterocycles. The van der Waals surface area contributed by atoms with Crippen LogP contribution in [0, 0.1) is 6.92 Å². The molecule has 3 aromatic carbocycles. The van der Waals surface area contributed by atoms with Crippen LogP contribution in [-0.2, 0) is 9.59 Å². The van der Waals surface area contributed by atoms with Gasteiger partial charge in [0.05, 0.1) is 22.5 Å². The number of aromatic nitrogens is 1. The molecule has 10 heteroatoms. The van der Waals surface area contributed by atoms with Gasteiger partial charge in [-0.2, -0.15) is 0 Å². The molecule has 3 heterocycles. The molecule has 0 atom stereocenters. The number of H-pyrrole nitrogens is 1. The molecule has 0 spiro atoms. The van der Waals surface area contributed by atoms with Crippen LogP contribution < -0.4 is 10.0 Å². The minimum atomic E-state index is -0.560. The third kappa shape index (κ3) is 4.16. The number of amides is 3. The zero-order valence-electron chi connectivity index (χ0n) is 21.6. The first-order chi connectivity index (χ1) is 18.7. The van der Waals surface area contributed by atoms with E-state index in [-0.39, 0.29) is 11.7 Å². The number of primary amides is 1. The maximum absolute atomic E-state index is 13.2. The smallest absolute Gasteiger partial charge is 0.305 e. The Hall–Kier alpha value is -4.15. The molecule has 0 bridgehead atoms. The van der Waals surface area contributed by atoms with Gasteiger partial charge >= 0.3 is 5.91 Å². The quantitative estimate of drug-likeness (QED) is 0.302. The normalized spacial score (nSPS) is 16.6. The lowest BCUT2D eigenvalue weighted by Gasteiger charge is -2.32. The molecule has 2 aliphatic rings. The van der Waals surface area contributed by atoms with E-state index in [1.54, 1.807) is 6.07 Å². The Morgan fingerprint density at radius 2 is 1.74 bits per heavy atom. The third-order valence-electron chi connectivity index (χ3n) is 7.62. The number of hydrogen-bond donors (Lipinski definition) is 2. The van der Waals surface area contributed by atoms with Gasteiger partial charge in [0.25, 0.3) is 11.8 Å². The zero-order chi connectivity index (χ0) is 27.4. The van der Waals surface area contributed by atoms with Crippen molar-refractivity contribution < 1.29 is 19.2 Å². The highest BCUT2D eigenvalue weighted by molar-refractivity contribution is 8.03. The summed E-state index contributed by atoms with van der Waals surface area (Å²) in [6.45, 7) is 4.93. The maximum Gasteiger partial charge on any atom is 0.305 e. The van der Waals surface area contributed by atoms with Gasteiger partial charge < -0.3 is 20.5 Å². The van der Waals surface area contributed by atoms with Gasteiger partial charge in [-0.1, -0.05) is 24.3 Å². The van der Waals surface area contributed by atoms with Gasteiger partial charge in [0.1, 0.15) is 0 Å². The van der Waals surface area contributed by atoms with E-state index < -0.39 is 17.6 Å². The predicted octanol–water partition coefficient (Wildman–Crippen LogP) is 3.35. The number of fused-ring (bicyclic) bond motifs is 3. The molecule has 198 valence electrons. The second-order valence-corrected chi connectivity index (χ2v) is 10.9. The standard InChI is InChI=1S/C29H27N5O4S/c1-16-18(4-3-5-23(16)34-29(38)24(35)15-39-34)19-8-9-21(27(30)36)26-25(19)20-7-6-17(14-22(20)31-26)28(37)33-12-10-32(2)11-13-33/h3-9,14,31H,10-13,15H2,1-2H3,(H2,30,36). The van der Waals surface area contributed by atoms with Crippen LogP contribution >= 0.6 is 11.9 Å². The Morgan fingerprint density at radius 3 is 2.44 bits per heavy atom. The van der Waals surface area contributed by atoms with E-state index in [1.807, 2.05) is 61.3 Å². The monoisotopic (exact) mass is 541 g/mol. The van der Waals surface area contributed by atoms with Gasteiger partial charge in [0.15, 0.2) is 0 Å².